The summed E-state index contributed by atoms with van der Waals surface area (Å²) in [5.41, 5.74) is -0.105. The van der Waals surface area contributed by atoms with E-state index in [4.69, 9.17) is 4.74 Å². The molecule has 1 aromatic rings. The second-order valence-corrected chi connectivity index (χ2v) is 11.3. The van der Waals surface area contributed by atoms with Crippen molar-refractivity contribution in [2.24, 2.45) is 11.3 Å². The maximum Gasteiger partial charge on any atom is 0.243 e. The van der Waals surface area contributed by atoms with Crippen LogP contribution in [0.4, 0.5) is 0 Å². The average Bonchev–Trinajstić information content (AvgIpc) is 2.69. The van der Waals surface area contributed by atoms with E-state index in [-0.39, 0.29) is 35.3 Å². The van der Waals surface area contributed by atoms with E-state index >= 15 is 0 Å². The molecule has 2 atom stereocenters. The number of benzene rings is 1. The van der Waals surface area contributed by atoms with Crippen molar-refractivity contribution in [2.45, 2.75) is 77.8 Å². The molecule has 0 saturated carbocycles. The molecule has 0 heterocycles. The molecule has 0 aliphatic heterocycles. The number of amides is 1. The molecule has 7 nitrogen and oxygen atoms in total. The fourth-order valence-electron chi connectivity index (χ4n) is 3.15. The highest BCUT2D eigenvalue weighted by atomic mass is 32.2. The van der Waals surface area contributed by atoms with Crippen molar-refractivity contribution in [1.29, 1.82) is 0 Å². The molecular weight excluding hydrogens is 416 g/mol. The highest BCUT2D eigenvalue weighted by Crippen LogP contribution is 2.27. The smallest absolute Gasteiger partial charge is 0.243 e. The third kappa shape index (κ3) is 8.09. The van der Waals surface area contributed by atoms with Gasteiger partial charge in [-0.2, -0.15) is 4.31 Å². The summed E-state index contributed by atoms with van der Waals surface area (Å²) in [4.78, 5) is 13.3. The predicted octanol–water partition coefficient (Wildman–Crippen LogP) is 3.42. The number of aliphatic hydroxyl groups is 1. The highest BCUT2D eigenvalue weighted by Gasteiger charge is 2.36. The number of sulfonamides is 1. The van der Waals surface area contributed by atoms with Crippen molar-refractivity contribution in [3.63, 3.8) is 0 Å². The topological polar surface area (TPSA) is 95.9 Å². The van der Waals surface area contributed by atoms with Crippen LogP contribution in [0.2, 0.25) is 0 Å². The number of carbonyl (C=O) groups excluding carboxylic acids is 1. The van der Waals surface area contributed by atoms with Gasteiger partial charge in [0.15, 0.2) is 0 Å². The number of nitrogens with one attached hydrogen (secondary N) is 1. The van der Waals surface area contributed by atoms with Gasteiger partial charge in [0, 0.05) is 6.54 Å². The van der Waals surface area contributed by atoms with Crippen LogP contribution >= 0.6 is 0 Å². The maximum atomic E-state index is 13.6. The molecule has 1 aromatic carbocycles. The Bertz CT molecular complexity index is 785. The van der Waals surface area contributed by atoms with Crippen LogP contribution < -0.4 is 10.1 Å². The molecule has 0 fully saturated rings. The number of nitrogens with zero attached hydrogens (tertiary/aromatic N) is 1. The molecule has 0 unspecified atom stereocenters. The Morgan fingerprint density at radius 3 is 2.19 bits per heavy atom. The van der Waals surface area contributed by atoms with E-state index in [0.717, 1.165) is 0 Å². The monoisotopic (exact) mass is 456 g/mol. The lowest BCUT2D eigenvalue weighted by atomic mass is 9.92. The van der Waals surface area contributed by atoms with Gasteiger partial charge in [-0.05, 0) is 48.4 Å². The molecule has 31 heavy (non-hydrogen) atoms. The molecule has 1 rings (SSSR count). The van der Waals surface area contributed by atoms with Crippen LogP contribution in [-0.2, 0) is 14.8 Å². The fourth-order valence-corrected chi connectivity index (χ4v) is 4.77. The summed E-state index contributed by atoms with van der Waals surface area (Å²) in [7, 11) is -2.40. The summed E-state index contributed by atoms with van der Waals surface area (Å²) in [6.45, 7) is 11.9. The fraction of sp³-hybridized carbons (Fsp3) is 0.696. The first-order chi connectivity index (χ1) is 14.4. The number of rotatable bonds is 12. The molecule has 0 aliphatic carbocycles. The van der Waals surface area contributed by atoms with Crippen molar-refractivity contribution in [3.8, 4) is 5.75 Å². The van der Waals surface area contributed by atoms with E-state index < -0.39 is 22.1 Å². The Labute approximate surface area is 188 Å². The van der Waals surface area contributed by atoms with Gasteiger partial charge in [-0.3, -0.25) is 4.79 Å². The number of methoxy groups -OCH3 is 1. The molecule has 178 valence electrons. The number of hydrogen-bond acceptors (Lipinski definition) is 5. The van der Waals surface area contributed by atoms with Crippen LogP contribution in [0, 0.1) is 11.3 Å². The zero-order valence-corrected chi connectivity index (χ0v) is 20.8. The van der Waals surface area contributed by atoms with E-state index in [2.05, 4.69) is 5.32 Å². The molecule has 2 N–H and O–H groups in total. The number of carbonyl (C=O) groups is 1. The van der Waals surface area contributed by atoms with Crippen LogP contribution in [0.25, 0.3) is 0 Å². The highest BCUT2D eigenvalue weighted by molar-refractivity contribution is 7.89. The zero-order chi connectivity index (χ0) is 23.8. The summed E-state index contributed by atoms with van der Waals surface area (Å²) in [6.07, 6.45) is 1.64. The quantitative estimate of drug-likeness (QED) is 0.502. The first kappa shape index (κ1) is 27.4. The van der Waals surface area contributed by atoms with Gasteiger partial charge < -0.3 is 15.2 Å². The molecule has 0 radical (unpaired) electrons. The van der Waals surface area contributed by atoms with Gasteiger partial charge in [-0.25, -0.2) is 8.42 Å². The van der Waals surface area contributed by atoms with Crippen molar-refractivity contribution in [2.75, 3.05) is 20.3 Å². The van der Waals surface area contributed by atoms with Gasteiger partial charge in [0.1, 0.15) is 11.8 Å². The largest absolute Gasteiger partial charge is 0.497 e. The van der Waals surface area contributed by atoms with Gasteiger partial charge in [-0.15, -0.1) is 0 Å². The van der Waals surface area contributed by atoms with E-state index in [1.807, 2.05) is 41.5 Å². The van der Waals surface area contributed by atoms with Crippen LogP contribution in [0.3, 0.4) is 0 Å². The van der Waals surface area contributed by atoms with Gasteiger partial charge in [0.25, 0.3) is 0 Å². The zero-order valence-electron chi connectivity index (χ0n) is 20.0. The molecule has 0 aliphatic rings. The predicted molar refractivity (Wildman–Crippen MR) is 124 cm³/mol. The van der Waals surface area contributed by atoms with Crippen molar-refractivity contribution in [3.05, 3.63) is 24.3 Å². The van der Waals surface area contributed by atoms with Crippen molar-refractivity contribution < 1.29 is 23.1 Å². The summed E-state index contributed by atoms with van der Waals surface area (Å²) >= 11 is 0. The molecular formula is C23H40N2O5S. The molecule has 8 heteroatoms. The van der Waals surface area contributed by atoms with Gasteiger partial charge >= 0.3 is 0 Å². The lowest BCUT2D eigenvalue weighted by Gasteiger charge is -2.33. The second kappa shape index (κ2) is 11.8. The molecule has 0 saturated heterocycles. The Hall–Kier alpha value is -1.64. The third-order valence-electron chi connectivity index (χ3n) is 5.29. The van der Waals surface area contributed by atoms with Gasteiger partial charge in [0.05, 0.1) is 24.7 Å². The number of aliphatic hydroxyl groups excluding tert-OH is 1. The Morgan fingerprint density at radius 1 is 1.19 bits per heavy atom. The van der Waals surface area contributed by atoms with Crippen molar-refractivity contribution in [1.82, 2.24) is 9.62 Å². The van der Waals surface area contributed by atoms with E-state index in [1.54, 1.807) is 12.1 Å². The van der Waals surface area contributed by atoms with Crippen molar-refractivity contribution >= 4 is 15.9 Å². The molecule has 0 spiro atoms. The van der Waals surface area contributed by atoms with Crippen LogP contribution in [-0.4, -0.2) is 56.1 Å². The summed E-state index contributed by atoms with van der Waals surface area (Å²) in [5, 5.41) is 12.5. The Balaban J connectivity index is 3.37. The third-order valence-corrected chi connectivity index (χ3v) is 7.21. The van der Waals surface area contributed by atoms with Crippen LogP contribution in [0.15, 0.2) is 29.2 Å². The van der Waals surface area contributed by atoms with E-state index in [1.165, 1.54) is 23.5 Å². The van der Waals surface area contributed by atoms with E-state index in [0.29, 0.717) is 25.0 Å². The minimum atomic E-state index is -3.92. The minimum Gasteiger partial charge on any atom is -0.497 e. The van der Waals surface area contributed by atoms with Crippen LogP contribution in [0.1, 0.15) is 60.8 Å². The molecule has 0 aromatic heterocycles. The minimum absolute atomic E-state index is 0.0254. The number of ether oxygens (including phenoxy) is 1. The summed E-state index contributed by atoms with van der Waals surface area (Å²) in [6, 6.07) is 4.93. The van der Waals surface area contributed by atoms with Gasteiger partial charge in [0.2, 0.25) is 15.9 Å². The SMILES string of the molecule is CCC[C@@H](C(=O)N[C@H](CO)C(C)C)N(CCC(C)(C)C)S(=O)(=O)c1ccc(OC)cc1. The first-order valence-electron chi connectivity index (χ1n) is 10.9. The summed E-state index contributed by atoms with van der Waals surface area (Å²) < 4.78 is 33.7. The lowest BCUT2D eigenvalue weighted by molar-refractivity contribution is -0.126. The normalized spacial score (nSPS) is 14.5. The first-order valence-corrected chi connectivity index (χ1v) is 12.4. The van der Waals surface area contributed by atoms with Gasteiger partial charge in [-0.1, -0.05) is 48.0 Å². The average molecular weight is 457 g/mol. The number of hydrogen-bond donors (Lipinski definition) is 2. The Morgan fingerprint density at radius 2 is 1.77 bits per heavy atom. The second-order valence-electron chi connectivity index (χ2n) is 9.45. The molecule has 1 amide bonds. The standard InChI is InChI=1S/C23H40N2O5S/c1-8-9-21(22(27)24-20(16-26)17(2)3)25(15-14-23(4,5)6)31(28,29)19-12-10-18(30-7)11-13-19/h10-13,17,20-21,26H,8-9,14-16H2,1-7H3,(H,24,27)/t20-,21+/m1/s1. The van der Waals surface area contributed by atoms with E-state index in [9.17, 15) is 18.3 Å². The lowest BCUT2D eigenvalue weighted by Crippen LogP contribution is -2.53. The summed E-state index contributed by atoms with van der Waals surface area (Å²) in [5.74, 6) is 0.212. The van der Waals surface area contributed by atoms with Crippen LogP contribution in [0.5, 0.6) is 5.75 Å². The molecule has 0 bridgehead atoms. The maximum absolute atomic E-state index is 13.6. The Kier molecular flexibility index (Phi) is 10.5.